The molecule has 34 heavy (non-hydrogen) atoms. The topological polar surface area (TPSA) is 97.0 Å². The van der Waals surface area contributed by atoms with E-state index in [-0.39, 0.29) is 18.2 Å². The lowest BCUT2D eigenvalue weighted by Crippen LogP contribution is -2.30. The molecule has 0 aliphatic carbocycles. The Kier molecular flexibility index (Phi) is 6.93. The fourth-order valence-corrected chi connectivity index (χ4v) is 3.91. The van der Waals surface area contributed by atoms with Crippen molar-refractivity contribution in [2.75, 3.05) is 23.9 Å². The third-order valence-electron chi connectivity index (χ3n) is 4.86. The Morgan fingerprint density at radius 3 is 2.41 bits per heavy atom. The Morgan fingerprint density at radius 2 is 1.74 bits per heavy atom. The Balaban J connectivity index is 1.50. The molecule has 1 aliphatic heterocycles. The smallest absolute Gasteiger partial charge is 0.333 e. The van der Waals surface area contributed by atoms with E-state index in [4.69, 9.17) is 9.47 Å². The summed E-state index contributed by atoms with van der Waals surface area (Å²) in [6, 6.07) is 20.5. The summed E-state index contributed by atoms with van der Waals surface area (Å²) < 4.78 is 11.6. The molecule has 8 nitrogen and oxygen atoms in total. The van der Waals surface area contributed by atoms with Gasteiger partial charge >= 0.3 is 6.03 Å². The van der Waals surface area contributed by atoms with E-state index in [0.717, 1.165) is 4.90 Å². The van der Waals surface area contributed by atoms with E-state index in [2.05, 4.69) is 26.6 Å². The number of nitrogens with one attached hydrogen (secondary N) is 2. The molecule has 1 fully saturated rings. The summed E-state index contributed by atoms with van der Waals surface area (Å²) in [6.07, 6.45) is 1.54. The number of rotatable bonds is 7. The monoisotopic (exact) mass is 521 g/mol. The van der Waals surface area contributed by atoms with E-state index in [1.54, 1.807) is 60.7 Å². The third-order valence-corrected chi connectivity index (χ3v) is 5.45. The predicted octanol–water partition coefficient (Wildman–Crippen LogP) is 4.57. The third kappa shape index (κ3) is 5.10. The van der Waals surface area contributed by atoms with Crippen LogP contribution in [-0.2, 0) is 9.59 Å². The van der Waals surface area contributed by atoms with Crippen molar-refractivity contribution in [1.82, 2.24) is 5.32 Å². The number of benzene rings is 3. The summed E-state index contributed by atoms with van der Waals surface area (Å²) in [6.45, 7) is -0.231. The van der Waals surface area contributed by atoms with Gasteiger partial charge in [0.1, 0.15) is 5.70 Å². The molecule has 2 N–H and O–H groups in total. The molecule has 9 heteroatoms. The molecular formula is C25H20BrN3O5. The predicted molar refractivity (Wildman–Crippen MR) is 132 cm³/mol. The van der Waals surface area contributed by atoms with E-state index < -0.39 is 11.9 Å². The van der Waals surface area contributed by atoms with Gasteiger partial charge < -0.3 is 20.1 Å². The summed E-state index contributed by atoms with van der Waals surface area (Å²) >= 11 is 3.43. The van der Waals surface area contributed by atoms with Crippen LogP contribution in [0, 0.1) is 0 Å². The van der Waals surface area contributed by atoms with Gasteiger partial charge in [-0.25, -0.2) is 9.69 Å². The Hall–Kier alpha value is -4.11. The lowest BCUT2D eigenvalue weighted by atomic mass is 10.1. The average molecular weight is 522 g/mol. The van der Waals surface area contributed by atoms with Gasteiger partial charge in [-0.2, -0.15) is 0 Å². The van der Waals surface area contributed by atoms with Crippen LogP contribution in [0.2, 0.25) is 0 Å². The first-order valence-electron chi connectivity index (χ1n) is 10.2. The van der Waals surface area contributed by atoms with Crippen molar-refractivity contribution in [3.05, 3.63) is 88.5 Å². The van der Waals surface area contributed by atoms with Crippen molar-refractivity contribution < 1.29 is 23.9 Å². The van der Waals surface area contributed by atoms with Gasteiger partial charge in [-0.15, -0.1) is 0 Å². The summed E-state index contributed by atoms with van der Waals surface area (Å²) in [5.74, 6) is -0.109. The SMILES string of the molecule is COc1cc(C=C2NC(=O)N(c3ccccc3)C2=O)cc(Br)c1OCC(=O)Nc1ccccc1. The number of hydrogen-bond donors (Lipinski definition) is 2. The highest BCUT2D eigenvalue weighted by Crippen LogP contribution is 2.37. The largest absolute Gasteiger partial charge is 0.493 e. The van der Waals surface area contributed by atoms with Crippen LogP contribution >= 0.6 is 15.9 Å². The number of anilines is 2. The van der Waals surface area contributed by atoms with Gasteiger partial charge in [0.2, 0.25) is 0 Å². The second kappa shape index (κ2) is 10.2. The Bertz CT molecular complexity index is 1260. The molecule has 0 radical (unpaired) electrons. The fourth-order valence-electron chi connectivity index (χ4n) is 3.33. The number of urea groups is 1. The summed E-state index contributed by atoms with van der Waals surface area (Å²) in [5.41, 5.74) is 1.85. The molecule has 4 amide bonds. The minimum Gasteiger partial charge on any atom is -0.493 e. The number of ether oxygens (including phenoxy) is 2. The highest BCUT2D eigenvalue weighted by atomic mass is 79.9. The van der Waals surface area contributed by atoms with Crippen molar-refractivity contribution >= 4 is 51.2 Å². The molecular weight excluding hydrogens is 502 g/mol. The standard InChI is InChI=1S/C25H20BrN3O5/c1-33-21-14-16(13-20-24(31)29(25(32)28-20)18-10-6-3-7-11-18)12-19(26)23(21)34-15-22(30)27-17-8-4-2-5-9-17/h2-14H,15H2,1H3,(H,27,30)(H,28,32). The molecule has 3 aromatic rings. The van der Waals surface area contributed by atoms with Crippen molar-refractivity contribution in [3.63, 3.8) is 0 Å². The van der Waals surface area contributed by atoms with Gasteiger partial charge in [0.05, 0.1) is 17.3 Å². The number of amides is 4. The zero-order valence-corrected chi connectivity index (χ0v) is 19.7. The van der Waals surface area contributed by atoms with E-state index >= 15 is 0 Å². The number of nitrogens with zero attached hydrogens (tertiary/aromatic N) is 1. The quantitative estimate of drug-likeness (QED) is 0.350. The van der Waals surface area contributed by atoms with Crippen molar-refractivity contribution in [2.45, 2.75) is 0 Å². The number of carbonyl (C=O) groups excluding carboxylic acids is 3. The van der Waals surface area contributed by atoms with Gasteiger partial charge in [-0.05, 0) is 64.0 Å². The highest BCUT2D eigenvalue weighted by molar-refractivity contribution is 9.10. The zero-order chi connectivity index (χ0) is 24.1. The summed E-state index contributed by atoms with van der Waals surface area (Å²) in [4.78, 5) is 38.5. The molecule has 0 spiro atoms. The lowest BCUT2D eigenvalue weighted by molar-refractivity contribution is -0.118. The van der Waals surface area contributed by atoms with Gasteiger partial charge in [-0.3, -0.25) is 9.59 Å². The number of halogens is 1. The lowest BCUT2D eigenvalue weighted by Gasteiger charge is -2.14. The van der Waals surface area contributed by atoms with Crippen LogP contribution in [0.4, 0.5) is 16.2 Å². The highest BCUT2D eigenvalue weighted by Gasteiger charge is 2.34. The first-order chi connectivity index (χ1) is 16.5. The zero-order valence-electron chi connectivity index (χ0n) is 18.1. The van der Waals surface area contributed by atoms with Crippen molar-refractivity contribution in [2.24, 2.45) is 0 Å². The van der Waals surface area contributed by atoms with E-state index in [1.807, 2.05) is 18.2 Å². The van der Waals surface area contributed by atoms with Crippen LogP contribution in [0.25, 0.3) is 6.08 Å². The number of imide groups is 1. The first kappa shape index (κ1) is 23.1. The molecule has 0 unspecified atom stereocenters. The molecule has 3 aromatic carbocycles. The molecule has 0 saturated carbocycles. The minimum atomic E-state index is -0.530. The van der Waals surface area contributed by atoms with Gasteiger partial charge in [0.25, 0.3) is 11.8 Å². The van der Waals surface area contributed by atoms with Crippen LogP contribution in [0.3, 0.4) is 0 Å². The number of carbonyl (C=O) groups is 3. The fraction of sp³-hybridized carbons (Fsp3) is 0.0800. The van der Waals surface area contributed by atoms with Crippen molar-refractivity contribution in [1.29, 1.82) is 0 Å². The number of hydrogen-bond acceptors (Lipinski definition) is 5. The van der Waals surface area contributed by atoms with Crippen LogP contribution in [-0.4, -0.2) is 31.6 Å². The Labute approximate surface area is 204 Å². The van der Waals surface area contributed by atoms with Gasteiger partial charge in [0.15, 0.2) is 18.1 Å². The van der Waals surface area contributed by atoms with E-state index in [1.165, 1.54) is 7.11 Å². The second-order valence-electron chi connectivity index (χ2n) is 7.20. The molecule has 1 aliphatic rings. The molecule has 0 atom stereocenters. The van der Waals surface area contributed by atoms with Gasteiger partial charge in [0, 0.05) is 5.69 Å². The molecule has 1 heterocycles. The number of methoxy groups -OCH3 is 1. The maximum Gasteiger partial charge on any atom is 0.333 e. The first-order valence-corrected chi connectivity index (χ1v) is 11.0. The van der Waals surface area contributed by atoms with E-state index in [0.29, 0.717) is 32.9 Å². The second-order valence-corrected chi connectivity index (χ2v) is 8.06. The number of para-hydroxylation sites is 2. The summed E-state index contributed by atoms with van der Waals surface area (Å²) in [5, 5.41) is 5.34. The van der Waals surface area contributed by atoms with Crippen LogP contribution in [0.1, 0.15) is 5.56 Å². The maximum atomic E-state index is 12.8. The maximum absolute atomic E-state index is 12.8. The van der Waals surface area contributed by atoms with Crippen LogP contribution < -0.4 is 25.0 Å². The molecule has 4 rings (SSSR count). The van der Waals surface area contributed by atoms with Crippen LogP contribution in [0.5, 0.6) is 11.5 Å². The Morgan fingerprint density at radius 1 is 1.06 bits per heavy atom. The van der Waals surface area contributed by atoms with Gasteiger partial charge in [-0.1, -0.05) is 36.4 Å². The van der Waals surface area contributed by atoms with Crippen molar-refractivity contribution in [3.8, 4) is 11.5 Å². The molecule has 172 valence electrons. The molecule has 0 aromatic heterocycles. The average Bonchev–Trinajstić information content (AvgIpc) is 3.11. The molecule has 0 bridgehead atoms. The summed E-state index contributed by atoms with van der Waals surface area (Å²) in [7, 11) is 1.47. The normalized spacial score (nSPS) is 14.2. The van der Waals surface area contributed by atoms with Crippen LogP contribution in [0.15, 0.2) is 83.0 Å². The van der Waals surface area contributed by atoms with E-state index in [9.17, 15) is 14.4 Å². The molecule has 1 saturated heterocycles. The minimum absolute atomic E-state index is 0.124.